The number of likely N-dealkylation sites (tertiary alicyclic amines) is 1. The van der Waals surface area contributed by atoms with Gasteiger partial charge in [0.2, 0.25) is 5.91 Å². The summed E-state index contributed by atoms with van der Waals surface area (Å²) in [6, 6.07) is 8.26. The zero-order valence-corrected chi connectivity index (χ0v) is 12.8. The third-order valence-electron chi connectivity index (χ3n) is 3.09. The van der Waals surface area contributed by atoms with E-state index in [2.05, 4.69) is 28.1 Å². The molecule has 0 bridgehead atoms. The Bertz CT molecular complexity index is 405. The summed E-state index contributed by atoms with van der Waals surface area (Å²) in [6.45, 7) is 1.91. The fourth-order valence-corrected chi connectivity index (χ4v) is 3.44. The number of carbonyl (C=O) groups excluding carboxylic acids is 1. The van der Waals surface area contributed by atoms with Gasteiger partial charge in [-0.1, -0.05) is 28.1 Å². The molecule has 0 saturated carbocycles. The minimum Gasteiger partial charge on any atom is -0.342 e. The molecule has 4 heteroatoms. The Morgan fingerprint density at radius 3 is 2.78 bits per heavy atom. The number of amides is 1. The van der Waals surface area contributed by atoms with Gasteiger partial charge in [0.15, 0.2) is 0 Å². The van der Waals surface area contributed by atoms with Gasteiger partial charge >= 0.3 is 0 Å². The highest BCUT2D eigenvalue weighted by Gasteiger charge is 2.15. The monoisotopic (exact) mass is 327 g/mol. The van der Waals surface area contributed by atoms with E-state index in [-0.39, 0.29) is 0 Å². The van der Waals surface area contributed by atoms with E-state index in [4.69, 9.17) is 0 Å². The quantitative estimate of drug-likeness (QED) is 0.840. The van der Waals surface area contributed by atoms with Gasteiger partial charge in [-0.3, -0.25) is 4.79 Å². The number of thioether (sulfide) groups is 1. The van der Waals surface area contributed by atoms with Gasteiger partial charge in [-0.15, -0.1) is 11.8 Å². The molecule has 0 spiro atoms. The van der Waals surface area contributed by atoms with E-state index in [0.717, 1.165) is 23.3 Å². The summed E-state index contributed by atoms with van der Waals surface area (Å²) in [6.07, 6.45) is 3.61. The first-order valence-electron chi connectivity index (χ1n) is 6.35. The number of halogens is 1. The highest BCUT2D eigenvalue weighted by atomic mass is 79.9. The van der Waals surface area contributed by atoms with Crippen LogP contribution >= 0.6 is 27.7 Å². The van der Waals surface area contributed by atoms with Crippen LogP contribution in [0.4, 0.5) is 0 Å². The summed E-state index contributed by atoms with van der Waals surface area (Å²) in [7, 11) is 0. The lowest BCUT2D eigenvalue weighted by atomic mass is 10.1. The largest absolute Gasteiger partial charge is 0.342 e. The van der Waals surface area contributed by atoms with Crippen LogP contribution in [0.2, 0.25) is 0 Å². The van der Waals surface area contributed by atoms with Crippen LogP contribution in [0.15, 0.2) is 28.7 Å². The van der Waals surface area contributed by atoms with Crippen LogP contribution in [-0.2, 0) is 10.5 Å². The van der Waals surface area contributed by atoms with Crippen molar-refractivity contribution in [1.82, 2.24) is 4.90 Å². The van der Waals surface area contributed by atoms with Crippen molar-refractivity contribution in [2.24, 2.45) is 0 Å². The van der Waals surface area contributed by atoms with Crippen LogP contribution < -0.4 is 0 Å². The number of nitrogens with zero attached hydrogens (tertiary/aromatic N) is 1. The minimum atomic E-state index is 0.301. The maximum atomic E-state index is 12.0. The van der Waals surface area contributed by atoms with Crippen molar-refractivity contribution in [3.63, 3.8) is 0 Å². The normalized spacial score (nSPS) is 15.7. The van der Waals surface area contributed by atoms with Gasteiger partial charge in [0, 0.05) is 23.3 Å². The molecule has 1 amide bonds. The van der Waals surface area contributed by atoms with Crippen molar-refractivity contribution >= 4 is 33.6 Å². The van der Waals surface area contributed by atoms with Crippen LogP contribution in [0.5, 0.6) is 0 Å². The van der Waals surface area contributed by atoms with Crippen molar-refractivity contribution in [2.45, 2.75) is 25.0 Å². The van der Waals surface area contributed by atoms with Gasteiger partial charge in [-0.25, -0.2) is 0 Å². The summed E-state index contributed by atoms with van der Waals surface area (Å²) >= 11 is 5.17. The number of rotatable bonds is 4. The molecule has 1 saturated heterocycles. The molecule has 2 nitrogen and oxygen atoms in total. The first-order valence-corrected chi connectivity index (χ1v) is 8.30. The zero-order chi connectivity index (χ0) is 12.8. The number of hydrogen-bond donors (Lipinski definition) is 0. The number of piperidine rings is 1. The lowest BCUT2D eigenvalue weighted by Gasteiger charge is -2.26. The molecular weight excluding hydrogens is 310 g/mol. The Balaban J connectivity index is 1.73. The standard InChI is InChI=1S/C14H18BrNOS/c15-13-6-4-5-12(9-13)10-18-11-14(17)16-7-2-1-3-8-16/h4-6,9H,1-3,7-8,10-11H2. The molecule has 1 aromatic carbocycles. The number of carbonyl (C=O) groups is 1. The van der Waals surface area contributed by atoms with Crippen LogP contribution in [-0.4, -0.2) is 29.6 Å². The van der Waals surface area contributed by atoms with Crippen LogP contribution in [0.1, 0.15) is 24.8 Å². The fourth-order valence-electron chi connectivity index (χ4n) is 2.12. The molecule has 0 atom stereocenters. The van der Waals surface area contributed by atoms with Crippen LogP contribution in [0.3, 0.4) is 0 Å². The van der Waals surface area contributed by atoms with E-state index in [1.807, 2.05) is 17.0 Å². The second kappa shape index (κ2) is 7.19. The van der Waals surface area contributed by atoms with Gasteiger partial charge < -0.3 is 4.90 Å². The molecule has 1 aromatic rings. The van der Waals surface area contributed by atoms with Gasteiger partial charge in [-0.05, 0) is 37.0 Å². The van der Waals surface area contributed by atoms with Gasteiger partial charge in [0.25, 0.3) is 0 Å². The molecule has 0 unspecified atom stereocenters. The summed E-state index contributed by atoms with van der Waals surface area (Å²) in [5.74, 6) is 1.81. The van der Waals surface area contributed by atoms with Gasteiger partial charge in [-0.2, -0.15) is 0 Å². The van der Waals surface area contributed by atoms with E-state index >= 15 is 0 Å². The maximum Gasteiger partial charge on any atom is 0.232 e. The molecule has 1 heterocycles. The minimum absolute atomic E-state index is 0.301. The predicted molar refractivity (Wildman–Crippen MR) is 80.7 cm³/mol. The lowest BCUT2D eigenvalue weighted by Crippen LogP contribution is -2.36. The summed E-state index contributed by atoms with van der Waals surface area (Å²) < 4.78 is 1.10. The Hall–Kier alpha value is -0.480. The number of benzene rings is 1. The van der Waals surface area contributed by atoms with Crippen molar-refractivity contribution in [2.75, 3.05) is 18.8 Å². The molecule has 0 aliphatic carbocycles. The highest BCUT2D eigenvalue weighted by Crippen LogP contribution is 2.18. The molecule has 0 radical (unpaired) electrons. The van der Waals surface area contributed by atoms with E-state index < -0.39 is 0 Å². The second-order valence-corrected chi connectivity index (χ2v) is 6.47. The first kappa shape index (κ1) is 13.9. The van der Waals surface area contributed by atoms with Crippen molar-refractivity contribution in [3.8, 4) is 0 Å². The lowest BCUT2D eigenvalue weighted by molar-refractivity contribution is -0.129. The SMILES string of the molecule is O=C(CSCc1cccc(Br)c1)N1CCCCC1. The van der Waals surface area contributed by atoms with Crippen LogP contribution in [0, 0.1) is 0 Å². The van der Waals surface area contributed by atoms with E-state index in [1.54, 1.807) is 11.8 Å². The van der Waals surface area contributed by atoms with Crippen LogP contribution in [0.25, 0.3) is 0 Å². The zero-order valence-electron chi connectivity index (χ0n) is 10.4. The average Bonchev–Trinajstić information content (AvgIpc) is 2.40. The van der Waals surface area contributed by atoms with Crippen molar-refractivity contribution in [1.29, 1.82) is 0 Å². The molecule has 98 valence electrons. The summed E-state index contributed by atoms with van der Waals surface area (Å²) in [5, 5.41) is 0. The molecule has 0 N–H and O–H groups in total. The smallest absolute Gasteiger partial charge is 0.232 e. The van der Waals surface area contributed by atoms with E-state index in [9.17, 15) is 4.79 Å². The Morgan fingerprint density at radius 2 is 2.06 bits per heavy atom. The Labute approximate surface area is 121 Å². The van der Waals surface area contributed by atoms with Crippen molar-refractivity contribution in [3.05, 3.63) is 34.3 Å². The molecule has 18 heavy (non-hydrogen) atoms. The van der Waals surface area contributed by atoms with Gasteiger partial charge in [0.1, 0.15) is 0 Å². The van der Waals surface area contributed by atoms with E-state index in [1.165, 1.54) is 24.8 Å². The second-order valence-electron chi connectivity index (χ2n) is 4.56. The third kappa shape index (κ3) is 4.32. The third-order valence-corrected chi connectivity index (χ3v) is 4.57. The summed E-state index contributed by atoms with van der Waals surface area (Å²) in [5.41, 5.74) is 1.26. The predicted octanol–water partition coefficient (Wildman–Crippen LogP) is 3.69. The molecule has 1 aliphatic rings. The van der Waals surface area contributed by atoms with Gasteiger partial charge in [0.05, 0.1) is 5.75 Å². The molecule has 1 fully saturated rings. The topological polar surface area (TPSA) is 20.3 Å². The maximum absolute atomic E-state index is 12.0. The number of hydrogen-bond acceptors (Lipinski definition) is 2. The molecule has 2 rings (SSSR count). The molecular formula is C14H18BrNOS. The average molecular weight is 328 g/mol. The van der Waals surface area contributed by atoms with E-state index in [0.29, 0.717) is 11.7 Å². The molecule has 1 aliphatic heterocycles. The first-order chi connectivity index (χ1) is 8.75. The highest BCUT2D eigenvalue weighted by molar-refractivity contribution is 9.10. The Kier molecular flexibility index (Phi) is 5.57. The summed E-state index contributed by atoms with van der Waals surface area (Å²) in [4.78, 5) is 14.0. The molecule has 0 aromatic heterocycles. The Morgan fingerprint density at radius 1 is 1.28 bits per heavy atom. The van der Waals surface area contributed by atoms with Crippen molar-refractivity contribution < 1.29 is 4.79 Å². The fraction of sp³-hybridized carbons (Fsp3) is 0.500.